The highest BCUT2D eigenvalue weighted by Gasteiger charge is 2.19. The van der Waals surface area contributed by atoms with Crippen molar-refractivity contribution in [2.45, 2.75) is 32.7 Å². The monoisotopic (exact) mass is 294 g/mol. The molecule has 1 aromatic heterocycles. The molecule has 96 valence electrons. The van der Waals surface area contributed by atoms with Gasteiger partial charge >= 0.3 is 0 Å². The molecule has 0 fully saturated rings. The average Bonchev–Trinajstić information content (AvgIpc) is 2.30. The van der Waals surface area contributed by atoms with E-state index in [-0.39, 0.29) is 0 Å². The van der Waals surface area contributed by atoms with E-state index < -0.39 is 0 Å². The SMILES string of the molecule is CCC(CC)N(CCCl)c1ncc(Cl)cc1Cl. The molecule has 0 aliphatic carbocycles. The van der Waals surface area contributed by atoms with Gasteiger partial charge in [-0.2, -0.15) is 0 Å². The number of halogens is 3. The lowest BCUT2D eigenvalue weighted by atomic mass is 10.1. The molecule has 0 bridgehead atoms. The van der Waals surface area contributed by atoms with Crippen LogP contribution >= 0.6 is 34.8 Å². The Morgan fingerprint density at radius 3 is 2.41 bits per heavy atom. The molecule has 0 amide bonds. The number of aromatic nitrogens is 1. The van der Waals surface area contributed by atoms with Crippen LogP contribution in [0.1, 0.15) is 26.7 Å². The van der Waals surface area contributed by atoms with Crippen LogP contribution in [0.4, 0.5) is 5.82 Å². The van der Waals surface area contributed by atoms with E-state index in [1.165, 1.54) is 0 Å². The molecule has 0 unspecified atom stereocenters. The van der Waals surface area contributed by atoms with Crippen molar-refractivity contribution in [1.29, 1.82) is 0 Å². The standard InChI is InChI=1S/C12H17Cl3N2/c1-3-10(4-2)17(6-5-13)12-11(15)7-9(14)8-16-12/h7-8,10H,3-6H2,1-2H3. The van der Waals surface area contributed by atoms with Gasteiger partial charge in [-0.05, 0) is 18.9 Å². The molecule has 1 aromatic rings. The average molecular weight is 296 g/mol. The molecule has 17 heavy (non-hydrogen) atoms. The van der Waals surface area contributed by atoms with Gasteiger partial charge in [-0.3, -0.25) is 0 Å². The molecule has 0 saturated carbocycles. The number of rotatable bonds is 6. The molecule has 0 spiro atoms. The van der Waals surface area contributed by atoms with Crippen LogP contribution in [0.25, 0.3) is 0 Å². The zero-order valence-corrected chi connectivity index (χ0v) is 12.4. The fourth-order valence-electron chi connectivity index (χ4n) is 1.90. The first kappa shape index (κ1) is 14.9. The lowest BCUT2D eigenvalue weighted by Crippen LogP contribution is -2.36. The molecule has 5 heteroatoms. The summed E-state index contributed by atoms with van der Waals surface area (Å²) in [6.07, 6.45) is 3.69. The van der Waals surface area contributed by atoms with E-state index >= 15 is 0 Å². The maximum Gasteiger partial charge on any atom is 0.147 e. The number of hydrogen-bond donors (Lipinski definition) is 0. The van der Waals surface area contributed by atoms with Gasteiger partial charge in [-0.1, -0.05) is 37.0 Å². The van der Waals surface area contributed by atoms with Crippen LogP contribution in [0.2, 0.25) is 10.0 Å². The zero-order chi connectivity index (χ0) is 12.8. The van der Waals surface area contributed by atoms with E-state index in [2.05, 4.69) is 23.7 Å². The molecular weight excluding hydrogens is 279 g/mol. The fourth-order valence-corrected chi connectivity index (χ4v) is 2.57. The van der Waals surface area contributed by atoms with Gasteiger partial charge in [0.1, 0.15) is 5.82 Å². The van der Waals surface area contributed by atoms with Crippen LogP contribution in [-0.2, 0) is 0 Å². The predicted molar refractivity (Wildman–Crippen MR) is 76.7 cm³/mol. The third kappa shape index (κ3) is 3.90. The van der Waals surface area contributed by atoms with Crippen LogP contribution in [0.15, 0.2) is 12.3 Å². The summed E-state index contributed by atoms with van der Waals surface area (Å²) in [7, 11) is 0. The predicted octanol–water partition coefficient (Wildman–Crippen LogP) is 4.62. The minimum atomic E-state index is 0.403. The Labute approximate surface area is 118 Å². The number of pyridine rings is 1. The molecule has 0 aliphatic rings. The van der Waals surface area contributed by atoms with Crippen molar-refractivity contribution in [2.75, 3.05) is 17.3 Å². The lowest BCUT2D eigenvalue weighted by Gasteiger charge is -2.31. The Hall–Kier alpha value is -0.180. The lowest BCUT2D eigenvalue weighted by molar-refractivity contribution is 0.563. The second-order valence-corrected chi connectivity index (χ2v) is 5.03. The quantitative estimate of drug-likeness (QED) is 0.712. The molecule has 1 heterocycles. The fraction of sp³-hybridized carbons (Fsp3) is 0.583. The van der Waals surface area contributed by atoms with Gasteiger partial charge in [0.25, 0.3) is 0 Å². The summed E-state index contributed by atoms with van der Waals surface area (Å²) in [5, 5.41) is 1.13. The Kier molecular flexibility index (Phi) is 6.39. The van der Waals surface area contributed by atoms with Crippen molar-refractivity contribution >= 4 is 40.6 Å². The molecule has 1 rings (SSSR count). The van der Waals surface area contributed by atoms with Crippen LogP contribution in [0.3, 0.4) is 0 Å². The number of anilines is 1. The van der Waals surface area contributed by atoms with Gasteiger partial charge in [-0.15, -0.1) is 11.6 Å². The first-order valence-electron chi connectivity index (χ1n) is 5.77. The van der Waals surface area contributed by atoms with Gasteiger partial charge in [0.05, 0.1) is 10.0 Å². The van der Waals surface area contributed by atoms with Gasteiger partial charge in [0, 0.05) is 24.7 Å². The summed E-state index contributed by atoms with van der Waals surface area (Å²) in [5.74, 6) is 1.32. The highest BCUT2D eigenvalue weighted by molar-refractivity contribution is 6.36. The highest BCUT2D eigenvalue weighted by Crippen LogP contribution is 2.28. The topological polar surface area (TPSA) is 16.1 Å². The zero-order valence-electron chi connectivity index (χ0n) is 10.1. The molecule has 0 atom stereocenters. The van der Waals surface area contributed by atoms with E-state index in [1.54, 1.807) is 12.3 Å². The van der Waals surface area contributed by atoms with Gasteiger partial charge < -0.3 is 4.90 Å². The second-order valence-electron chi connectivity index (χ2n) is 3.81. The van der Waals surface area contributed by atoms with Gasteiger partial charge in [0.15, 0.2) is 0 Å². The summed E-state index contributed by atoms with van der Waals surface area (Å²) in [4.78, 5) is 6.48. The Morgan fingerprint density at radius 1 is 1.29 bits per heavy atom. The van der Waals surface area contributed by atoms with Crippen LogP contribution in [0.5, 0.6) is 0 Å². The molecule has 2 nitrogen and oxygen atoms in total. The Balaban J connectivity index is 3.03. The first-order chi connectivity index (χ1) is 8.13. The highest BCUT2D eigenvalue weighted by atomic mass is 35.5. The maximum absolute atomic E-state index is 6.19. The summed E-state index contributed by atoms with van der Waals surface area (Å²) in [6.45, 7) is 5.04. The van der Waals surface area contributed by atoms with Crippen molar-refractivity contribution < 1.29 is 0 Å². The molecule has 0 aromatic carbocycles. The van der Waals surface area contributed by atoms with Crippen molar-refractivity contribution in [1.82, 2.24) is 4.98 Å². The third-order valence-electron chi connectivity index (χ3n) is 2.77. The Morgan fingerprint density at radius 2 is 1.94 bits per heavy atom. The van der Waals surface area contributed by atoms with Crippen molar-refractivity contribution in [2.24, 2.45) is 0 Å². The van der Waals surface area contributed by atoms with E-state index in [9.17, 15) is 0 Å². The van der Waals surface area contributed by atoms with E-state index in [4.69, 9.17) is 34.8 Å². The molecule has 0 radical (unpaired) electrons. The minimum Gasteiger partial charge on any atom is -0.351 e. The van der Waals surface area contributed by atoms with E-state index in [0.717, 1.165) is 25.2 Å². The molecule has 0 aliphatic heterocycles. The normalized spacial score (nSPS) is 10.9. The minimum absolute atomic E-state index is 0.403. The smallest absolute Gasteiger partial charge is 0.147 e. The van der Waals surface area contributed by atoms with E-state index in [0.29, 0.717) is 22.0 Å². The van der Waals surface area contributed by atoms with Crippen LogP contribution < -0.4 is 4.90 Å². The van der Waals surface area contributed by atoms with Gasteiger partial charge in [0.2, 0.25) is 0 Å². The largest absolute Gasteiger partial charge is 0.351 e. The maximum atomic E-state index is 6.19. The number of nitrogens with zero attached hydrogens (tertiary/aromatic N) is 2. The number of hydrogen-bond acceptors (Lipinski definition) is 2. The first-order valence-corrected chi connectivity index (χ1v) is 7.06. The molecule has 0 N–H and O–H groups in total. The summed E-state index contributed by atoms with van der Waals surface area (Å²) in [6, 6.07) is 2.12. The van der Waals surface area contributed by atoms with Crippen LogP contribution in [0, 0.1) is 0 Å². The summed E-state index contributed by atoms with van der Waals surface area (Å²) < 4.78 is 0. The third-order valence-corrected chi connectivity index (χ3v) is 3.42. The Bertz CT molecular complexity index is 354. The van der Waals surface area contributed by atoms with Crippen molar-refractivity contribution in [3.63, 3.8) is 0 Å². The van der Waals surface area contributed by atoms with Gasteiger partial charge in [-0.25, -0.2) is 4.98 Å². The second kappa shape index (κ2) is 7.30. The van der Waals surface area contributed by atoms with Crippen molar-refractivity contribution in [3.8, 4) is 0 Å². The summed E-state index contributed by atoms with van der Waals surface area (Å²) in [5.41, 5.74) is 0. The van der Waals surface area contributed by atoms with Crippen molar-refractivity contribution in [3.05, 3.63) is 22.3 Å². The summed E-state index contributed by atoms with van der Waals surface area (Å²) >= 11 is 17.9. The van der Waals surface area contributed by atoms with E-state index in [1.807, 2.05) is 0 Å². The van der Waals surface area contributed by atoms with Crippen LogP contribution in [-0.4, -0.2) is 23.5 Å². The molecule has 0 saturated heterocycles. The molecular formula is C12H17Cl3N2. The number of alkyl halides is 1.